The van der Waals surface area contributed by atoms with E-state index in [4.69, 9.17) is 11.6 Å². The second kappa shape index (κ2) is 8.22. The van der Waals surface area contributed by atoms with Crippen LogP contribution in [0.4, 0.5) is 0 Å². The second-order valence-electron chi connectivity index (χ2n) is 6.42. The standard InChI is InChI=1S/C20H22ClN5O/c1-15-17(20(21)26(23-15)13-16-7-5-4-6-8-16)9-10-19(27)25(3)14-18-22-11-12-24(18)2/h4-12H,13-14H2,1-3H3. The fraction of sp³-hybridized carbons (Fsp3) is 0.250. The molecule has 0 saturated heterocycles. The highest BCUT2D eigenvalue weighted by atomic mass is 35.5. The van der Waals surface area contributed by atoms with Crippen LogP contribution in [0.25, 0.3) is 6.08 Å². The van der Waals surface area contributed by atoms with Gasteiger partial charge in [-0.2, -0.15) is 5.10 Å². The molecule has 140 valence electrons. The summed E-state index contributed by atoms with van der Waals surface area (Å²) < 4.78 is 3.64. The Morgan fingerprint density at radius 2 is 2.04 bits per heavy atom. The maximum absolute atomic E-state index is 12.4. The number of hydrogen-bond acceptors (Lipinski definition) is 3. The zero-order chi connectivity index (χ0) is 19.4. The zero-order valence-corrected chi connectivity index (χ0v) is 16.4. The molecule has 27 heavy (non-hydrogen) atoms. The predicted molar refractivity (Wildman–Crippen MR) is 106 cm³/mol. The molecule has 0 aliphatic rings. The van der Waals surface area contributed by atoms with Crippen molar-refractivity contribution in [1.29, 1.82) is 0 Å². The van der Waals surface area contributed by atoms with Crippen LogP contribution in [-0.4, -0.2) is 37.2 Å². The van der Waals surface area contributed by atoms with Crippen LogP contribution < -0.4 is 0 Å². The van der Waals surface area contributed by atoms with Crippen LogP contribution in [0.3, 0.4) is 0 Å². The molecule has 0 aliphatic carbocycles. The van der Waals surface area contributed by atoms with Crippen molar-refractivity contribution in [3.8, 4) is 0 Å². The van der Waals surface area contributed by atoms with Crippen molar-refractivity contribution in [2.45, 2.75) is 20.0 Å². The smallest absolute Gasteiger partial charge is 0.246 e. The quantitative estimate of drug-likeness (QED) is 0.614. The van der Waals surface area contributed by atoms with E-state index < -0.39 is 0 Å². The van der Waals surface area contributed by atoms with E-state index in [-0.39, 0.29) is 5.91 Å². The van der Waals surface area contributed by atoms with Gasteiger partial charge in [0.2, 0.25) is 5.91 Å². The molecule has 0 aliphatic heterocycles. The minimum Gasteiger partial charge on any atom is -0.337 e. The first-order chi connectivity index (χ1) is 13.0. The number of aryl methyl sites for hydroxylation is 2. The third kappa shape index (κ3) is 4.46. The number of carbonyl (C=O) groups excluding carboxylic acids is 1. The van der Waals surface area contributed by atoms with Crippen LogP contribution in [0, 0.1) is 6.92 Å². The highest BCUT2D eigenvalue weighted by Crippen LogP contribution is 2.22. The average molecular weight is 384 g/mol. The topological polar surface area (TPSA) is 56.0 Å². The first-order valence-corrected chi connectivity index (χ1v) is 8.99. The summed E-state index contributed by atoms with van der Waals surface area (Å²) in [5, 5.41) is 5.02. The minimum absolute atomic E-state index is 0.121. The number of rotatable bonds is 6. The summed E-state index contributed by atoms with van der Waals surface area (Å²) in [5.41, 5.74) is 2.65. The Bertz CT molecular complexity index is 958. The lowest BCUT2D eigenvalue weighted by Crippen LogP contribution is -2.25. The molecule has 0 saturated carbocycles. The van der Waals surface area contributed by atoms with Gasteiger partial charge in [-0.1, -0.05) is 41.9 Å². The van der Waals surface area contributed by atoms with Crippen LogP contribution in [0.1, 0.15) is 22.6 Å². The molecule has 3 aromatic rings. The van der Waals surface area contributed by atoms with Crippen molar-refractivity contribution in [2.24, 2.45) is 7.05 Å². The normalized spacial score (nSPS) is 11.3. The molecule has 0 unspecified atom stereocenters. The molecular weight excluding hydrogens is 362 g/mol. The summed E-state index contributed by atoms with van der Waals surface area (Å²) in [6.07, 6.45) is 6.82. The Kier molecular flexibility index (Phi) is 5.76. The van der Waals surface area contributed by atoms with Gasteiger partial charge in [-0.3, -0.25) is 4.79 Å². The molecule has 6 nitrogen and oxygen atoms in total. The van der Waals surface area contributed by atoms with Gasteiger partial charge < -0.3 is 9.47 Å². The monoisotopic (exact) mass is 383 g/mol. The van der Waals surface area contributed by atoms with Crippen molar-refractivity contribution in [3.63, 3.8) is 0 Å². The minimum atomic E-state index is -0.121. The molecule has 1 aromatic carbocycles. The number of amides is 1. The fourth-order valence-electron chi connectivity index (χ4n) is 2.74. The molecule has 0 N–H and O–H groups in total. The Hall–Kier alpha value is -2.86. The molecule has 0 bridgehead atoms. The number of nitrogens with zero attached hydrogens (tertiary/aromatic N) is 5. The maximum atomic E-state index is 12.4. The van der Waals surface area contributed by atoms with Crippen molar-refractivity contribution < 1.29 is 4.79 Å². The molecular formula is C20H22ClN5O. The van der Waals surface area contributed by atoms with E-state index in [1.807, 2.05) is 55.1 Å². The Labute approximate surface area is 163 Å². The maximum Gasteiger partial charge on any atom is 0.246 e. The van der Waals surface area contributed by atoms with Crippen LogP contribution in [0.5, 0.6) is 0 Å². The van der Waals surface area contributed by atoms with Gasteiger partial charge in [0.1, 0.15) is 11.0 Å². The molecule has 0 radical (unpaired) electrons. The van der Waals surface area contributed by atoms with E-state index in [1.165, 1.54) is 6.08 Å². The van der Waals surface area contributed by atoms with Crippen molar-refractivity contribution in [3.05, 3.63) is 76.6 Å². The van der Waals surface area contributed by atoms with Crippen LogP contribution in [-0.2, 0) is 24.9 Å². The number of hydrogen-bond donors (Lipinski definition) is 0. The first-order valence-electron chi connectivity index (χ1n) is 8.62. The van der Waals surface area contributed by atoms with Gasteiger partial charge in [0.15, 0.2) is 0 Å². The summed E-state index contributed by atoms with van der Waals surface area (Å²) in [6, 6.07) is 9.99. The summed E-state index contributed by atoms with van der Waals surface area (Å²) >= 11 is 6.49. The van der Waals surface area contributed by atoms with E-state index in [0.717, 1.165) is 22.6 Å². The third-order valence-corrected chi connectivity index (χ3v) is 4.75. The number of aromatic nitrogens is 4. The molecule has 0 spiro atoms. The van der Waals surface area contributed by atoms with E-state index >= 15 is 0 Å². The Balaban J connectivity index is 1.71. The van der Waals surface area contributed by atoms with Gasteiger partial charge in [-0.15, -0.1) is 0 Å². The van der Waals surface area contributed by atoms with E-state index in [0.29, 0.717) is 18.2 Å². The Morgan fingerprint density at radius 3 is 2.70 bits per heavy atom. The number of halogens is 1. The highest BCUT2D eigenvalue weighted by Gasteiger charge is 2.13. The molecule has 7 heteroatoms. The van der Waals surface area contributed by atoms with Gasteiger partial charge in [0.25, 0.3) is 0 Å². The lowest BCUT2D eigenvalue weighted by atomic mass is 10.2. The van der Waals surface area contributed by atoms with E-state index in [2.05, 4.69) is 10.1 Å². The number of imidazole rings is 1. The summed E-state index contributed by atoms with van der Waals surface area (Å²) in [4.78, 5) is 18.3. The van der Waals surface area contributed by atoms with Crippen molar-refractivity contribution >= 4 is 23.6 Å². The molecule has 0 fully saturated rings. The second-order valence-corrected chi connectivity index (χ2v) is 6.77. The number of benzene rings is 1. The number of likely N-dealkylation sites (N-methyl/N-ethyl adjacent to an activating group) is 1. The van der Waals surface area contributed by atoms with Crippen molar-refractivity contribution in [1.82, 2.24) is 24.2 Å². The lowest BCUT2D eigenvalue weighted by Gasteiger charge is -2.14. The van der Waals surface area contributed by atoms with Gasteiger partial charge >= 0.3 is 0 Å². The van der Waals surface area contributed by atoms with E-state index in [9.17, 15) is 4.79 Å². The van der Waals surface area contributed by atoms with Gasteiger partial charge in [0, 0.05) is 38.1 Å². The predicted octanol–water partition coefficient (Wildman–Crippen LogP) is 3.30. The summed E-state index contributed by atoms with van der Waals surface area (Å²) in [7, 11) is 3.65. The molecule has 2 aromatic heterocycles. The number of carbonyl (C=O) groups is 1. The van der Waals surface area contributed by atoms with E-state index in [1.54, 1.807) is 28.9 Å². The highest BCUT2D eigenvalue weighted by molar-refractivity contribution is 6.31. The summed E-state index contributed by atoms with van der Waals surface area (Å²) in [5.74, 6) is 0.702. The van der Waals surface area contributed by atoms with Gasteiger partial charge in [0.05, 0.1) is 18.8 Å². The lowest BCUT2D eigenvalue weighted by molar-refractivity contribution is -0.125. The van der Waals surface area contributed by atoms with Crippen LogP contribution in [0.15, 0.2) is 48.8 Å². The van der Waals surface area contributed by atoms with Crippen LogP contribution >= 0.6 is 11.6 Å². The van der Waals surface area contributed by atoms with Crippen LogP contribution in [0.2, 0.25) is 5.15 Å². The largest absolute Gasteiger partial charge is 0.337 e. The third-order valence-electron chi connectivity index (χ3n) is 4.35. The molecule has 2 heterocycles. The van der Waals surface area contributed by atoms with Crippen molar-refractivity contribution in [2.75, 3.05) is 7.05 Å². The fourth-order valence-corrected chi connectivity index (χ4v) is 3.04. The summed E-state index contributed by atoms with van der Waals surface area (Å²) in [6.45, 7) is 2.91. The SMILES string of the molecule is Cc1nn(Cc2ccccc2)c(Cl)c1C=CC(=O)N(C)Cc1nccn1C. The zero-order valence-electron chi connectivity index (χ0n) is 15.6. The van der Waals surface area contributed by atoms with Gasteiger partial charge in [-0.25, -0.2) is 9.67 Å². The molecule has 1 amide bonds. The molecule has 0 atom stereocenters. The first kappa shape index (κ1) is 18.9. The van der Waals surface area contributed by atoms with Gasteiger partial charge in [-0.05, 0) is 18.6 Å². The average Bonchev–Trinajstić information content (AvgIpc) is 3.17. The Morgan fingerprint density at radius 1 is 1.30 bits per heavy atom. The molecule has 3 rings (SSSR count).